The number of allylic oxidation sites excluding steroid dienone is 3. The van der Waals surface area contributed by atoms with Crippen molar-refractivity contribution in [2.24, 2.45) is 0 Å². The summed E-state index contributed by atoms with van der Waals surface area (Å²) in [6, 6.07) is 3.63. The molecular formula is C24H22F3N3O2S. The molecule has 0 radical (unpaired) electrons. The Morgan fingerprint density at radius 3 is 2.73 bits per heavy atom. The van der Waals surface area contributed by atoms with Gasteiger partial charge in [0.2, 0.25) is 0 Å². The fourth-order valence-corrected chi connectivity index (χ4v) is 4.01. The van der Waals surface area contributed by atoms with Crippen molar-refractivity contribution in [2.45, 2.75) is 31.6 Å². The van der Waals surface area contributed by atoms with Gasteiger partial charge in [-0.25, -0.2) is 18.0 Å². The van der Waals surface area contributed by atoms with E-state index in [1.165, 1.54) is 41.6 Å². The fraction of sp³-hybridized carbons (Fsp3) is 0.167. The van der Waals surface area contributed by atoms with E-state index < -0.39 is 23.4 Å². The van der Waals surface area contributed by atoms with Gasteiger partial charge in [-0.15, -0.1) is 0 Å². The average Bonchev–Trinajstić information content (AvgIpc) is 2.79. The van der Waals surface area contributed by atoms with Gasteiger partial charge in [-0.3, -0.25) is 4.98 Å². The zero-order valence-electron chi connectivity index (χ0n) is 18.0. The second kappa shape index (κ2) is 10.4. The van der Waals surface area contributed by atoms with Crippen LogP contribution in [0.4, 0.5) is 18.9 Å². The summed E-state index contributed by atoms with van der Waals surface area (Å²) in [6.45, 7) is 7.23. The number of nitrogens with one attached hydrogen (secondary N) is 1. The first-order chi connectivity index (χ1) is 15.8. The number of carboxylic acids is 1. The summed E-state index contributed by atoms with van der Waals surface area (Å²) < 4.78 is 46.2. The van der Waals surface area contributed by atoms with E-state index >= 15 is 4.39 Å². The minimum absolute atomic E-state index is 0.00180. The predicted octanol–water partition coefficient (Wildman–Crippen LogP) is 6.42. The summed E-state index contributed by atoms with van der Waals surface area (Å²) in [7, 11) is 0. The topological polar surface area (TPSA) is 65.5 Å². The molecule has 9 heteroatoms. The van der Waals surface area contributed by atoms with Crippen molar-refractivity contribution in [3.05, 3.63) is 95.5 Å². The van der Waals surface area contributed by atoms with Gasteiger partial charge in [-0.05, 0) is 49.6 Å². The van der Waals surface area contributed by atoms with Gasteiger partial charge in [0.05, 0.1) is 39.3 Å². The highest BCUT2D eigenvalue weighted by Crippen LogP contribution is 2.34. The second-order valence-electron chi connectivity index (χ2n) is 7.15. The Kier molecular flexibility index (Phi) is 7.65. The predicted molar refractivity (Wildman–Crippen MR) is 123 cm³/mol. The van der Waals surface area contributed by atoms with Gasteiger partial charge < -0.3 is 14.7 Å². The first-order valence-electron chi connectivity index (χ1n) is 10.1. The van der Waals surface area contributed by atoms with E-state index in [-0.39, 0.29) is 22.4 Å². The van der Waals surface area contributed by atoms with Crippen molar-refractivity contribution in [1.29, 1.82) is 0 Å². The van der Waals surface area contributed by atoms with Crippen LogP contribution in [0.1, 0.15) is 31.0 Å². The van der Waals surface area contributed by atoms with E-state index in [0.717, 1.165) is 24.2 Å². The minimum Gasteiger partial charge on any atom is -0.478 e. The lowest BCUT2D eigenvalue weighted by atomic mass is 9.99. The quantitative estimate of drug-likeness (QED) is 0.341. The maximum atomic E-state index is 15.3. The van der Waals surface area contributed by atoms with Crippen LogP contribution in [-0.2, 0) is 4.79 Å². The lowest BCUT2D eigenvalue weighted by Crippen LogP contribution is -2.17. The number of anilines is 1. The molecule has 1 aliphatic rings. The van der Waals surface area contributed by atoms with Crippen LogP contribution in [0, 0.1) is 24.4 Å². The van der Waals surface area contributed by atoms with Crippen molar-refractivity contribution in [1.82, 2.24) is 9.88 Å². The molecule has 0 aliphatic carbocycles. The summed E-state index contributed by atoms with van der Waals surface area (Å²) in [4.78, 5) is 17.5. The van der Waals surface area contributed by atoms with E-state index in [0.29, 0.717) is 29.1 Å². The van der Waals surface area contributed by atoms with Crippen LogP contribution in [0.5, 0.6) is 0 Å². The van der Waals surface area contributed by atoms with Gasteiger partial charge in [0.15, 0.2) is 5.82 Å². The highest BCUT2D eigenvalue weighted by Gasteiger charge is 2.22. The summed E-state index contributed by atoms with van der Waals surface area (Å²) in [6.07, 6.45) is 7.82. The number of aromatic nitrogens is 1. The molecule has 0 atom stereocenters. The Bertz CT molecular complexity index is 1190. The Hall–Kier alpha value is -3.46. The Morgan fingerprint density at radius 2 is 2.06 bits per heavy atom. The molecule has 1 aromatic carbocycles. The third-order valence-electron chi connectivity index (χ3n) is 4.90. The Morgan fingerprint density at radius 1 is 1.30 bits per heavy atom. The van der Waals surface area contributed by atoms with Crippen LogP contribution in [-0.4, -0.2) is 21.0 Å². The molecule has 5 nitrogen and oxygen atoms in total. The lowest BCUT2D eigenvalue weighted by molar-refractivity contribution is -0.132. The average molecular weight is 474 g/mol. The molecule has 2 aromatic rings. The monoisotopic (exact) mass is 473 g/mol. The highest BCUT2D eigenvalue weighted by atomic mass is 32.2. The van der Waals surface area contributed by atoms with E-state index in [2.05, 4.69) is 16.3 Å². The van der Waals surface area contributed by atoms with Crippen LogP contribution in [0.3, 0.4) is 0 Å². The highest BCUT2D eigenvalue weighted by molar-refractivity contribution is 8.00. The van der Waals surface area contributed by atoms with E-state index in [4.69, 9.17) is 0 Å². The molecule has 0 spiro atoms. The number of nitrogens with zero attached hydrogens (tertiary/aromatic N) is 2. The first-order valence-corrected chi connectivity index (χ1v) is 10.9. The summed E-state index contributed by atoms with van der Waals surface area (Å²) >= 11 is 0.956. The molecule has 0 unspecified atom stereocenters. The van der Waals surface area contributed by atoms with Crippen molar-refractivity contribution < 1.29 is 23.1 Å². The molecule has 0 bridgehead atoms. The molecule has 2 N–H and O–H groups in total. The smallest absolute Gasteiger partial charge is 0.333 e. The number of rotatable bonds is 8. The number of hydrogen-bond acceptors (Lipinski definition) is 5. The van der Waals surface area contributed by atoms with Gasteiger partial charge in [-0.2, -0.15) is 0 Å². The number of aryl methyl sites for hydroxylation is 1. The molecule has 2 heterocycles. The zero-order valence-corrected chi connectivity index (χ0v) is 18.8. The normalized spacial score (nSPS) is 14.7. The first kappa shape index (κ1) is 24.2. The van der Waals surface area contributed by atoms with Gasteiger partial charge in [0.1, 0.15) is 11.6 Å². The van der Waals surface area contributed by atoms with Gasteiger partial charge >= 0.3 is 5.97 Å². The lowest BCUT2D eigenvalue weighted by Gasteiger charge is -2.25. The van der Waals surface area contributed by atoms with Crippen LogP contribution in [0.25, 0.3) is 5.57 Å². The van der Waals surface area contributed by atoms with E-state index in [1.807, 2.05) is 6.92 Å². The van der Waals surface area contributed by atoms with Crippen LogP contribution >= 0.6 is 11.9 Å². The number of benzene rings is 1. The number of carboxylic acid groups (broad SMARTS) is 1. The van der Waals surface area contributed by atoms with Gasteiger partial charge in [0, 0.05) is 18.0 Å². The van der Waals surface area contributed by atoms with Crippen LogP contribution < -0.4 is 4.72 Å². The second-order valence-corrected chi connectivity index (χ2v) is 8.00. The SMILES string of the molecule is C=CN1C=C(c2c(F)ccc(NSc3cc(F)cnc3C)c2F)C=C/C1=C(/CCC)C(=O)O. The molecule has 3 rings (SSSR count). The molecule has 0 fully saturated rings. The molecule has 172 valence electrons. The van der Waals surface area contributed by atoms with Gasteiger partial charge in [0.25, 0.3) is 0 Å². The van der Waals surface area contributed by atoms with Crippen molar-refractivity contribution in [3.63, 3.8) is 0 Å². The third-order valence-corrected chi connectivity index (χ3v) is 5.85. The van der Waals surface area contributed by atoms with E-state index in [1.54, 1.807) is 6.92 Å². The number of pyridine rings is 1. The number of aliphatic carboxylic acids is 1. The van der Waals surface area contributed by atoms with Gasteiger partial charge in [-0.1, -0.05) is 26.0 Å². The van der Waals surface area contributed by atoms with Crippen molar-refractivity contribution in [3.8, 4) is 0 Å². The molecule has 1 aliphatic heterocycles. The molecule has 0 saturated heterocycles. The molecule has 0 saturated carbocycles. The van der Waals surface area contributed by atoms with Crippen molar-refractivity contribution in [2.75, 3.05) is 4.72 Å². The minimum atomic E-state index is -1.07. The standard InChI is InChI=1S/C24H22F3N3O2S/c1-4-6-17(24(31)32)20-10-7-15(13-30(20)5-2)22-18(26)8-9-19(23(22)27)29-33-21-11-16(25)12-28-14(21)3/h5,7-13,29H,2,4,6H2,1,3H3,(H,31,32)/b20-17+. The number of halogens is 3. The summed E-state index contributed by atoms with van der Waals surface area (Å²) in [5, 5.41) is 9.54. The molecular weight excluding hydrogens is 451 g/mol. The summed E-state index contributed by atoms with van der Waals surface area (Å²) in [5.74, 6) is -3.22. The van der Waals surface area contributed by atoms with Crippen molar-refractivity contribution >= 4 is 29.2 Å². The Labute approximate surface area is 194 Å². The number of carbonyl (C=O) groups is 1. The number of hydrogen-bond donors (Lipinski definition) is 2. The zero-order chi connectivity index (χ0) is 24.1. The Balaban J connectivity index is 1.96. The third kappa shape index (κ3) is 5.31. The summed E-state index contributed by atoms with van der Waals surface area (Å²) in [5.41, 5.74) is 1.02. The maximum absolute atomic E-state index is 15.3. The largest absolute Gasteiger partial charge is 0.478 e. The van der Waals surface area contributed by atoms with Crippen LogP contribution in [0.15, 0.2) is 71.7 Å². The molecule has 1 aromatic heterocycles. The van der Waals surface area contributed by atoms with E-state index in [9.17, 15) is 18.7 Å². The maximum Gasteiger partial charge on any atom is 0.333 e. The fourth-order valence-electron chi connectivity index (χ4n) is 3.27. The molecule has 0 amide bonds. The van der Waals surface area contributed by atoms with Crippen LogP contribution in [0.2, 0.25) is 0 Å². The molecule has 33 heavy (non-hydrogen) atoms.